The average Bonchev–Trinajstić information content (AvgIpc) is 2.59. The maximum Gasteiger partial charge on any atom is 0.329 e. The SMILES string of the molecule is O=C(NCc1ccc(F)cc1)NC(C(=O)O)C(O)c1ccccc1. The summed E-state index contributed by atoms with van der Waals surface area (Å²) in [6, 6.07) is 11.5. The van der Waals surface area contributed by atoms with Gasteiger partial charge in [0, 0.05) is 6.54 Å². The summed E-state index contributed by atoms with van der Waals surface area (Å²) in [6.07, 6.45) is -1.39. The zero-order valence-electron chi connectivity index (χ0n) is 12.6. The van der Waals surface area contributed by atoms with Crippen LogP contribution in [0, 0.1) is 5.82 Å². The van der Waals surface area contributed by atoms with Crippen LogP contribution in [0.15, 0.2) is 54.6 Å². The molecule has 0 aromatic heterocycles. The first-order chi connectivity index (χ1) is 11.5. The molecule has 0 saturated heterocycles. The number of rotatable bonds is 6. The summed E-state index contributed by atoms with van der Waals surface area (Å²) in [5.41, 5.74) is 1.03. The van der Waals surface area contributed by atoms with Crippen molar-refractivity contribution in [1.29, 1.82) is 0 Å². The van der Waals surface area contributed by atoms with Gasteiger partial charge in [0.25, 0.3) is 0 Å². The van der Waals surface area contributed by atoms with Crippen molar-refractivity contribution >= 4 is 12.0 Å². The Kier molecular flexibility index (Phi) is 5.86. The lowest BCUT2D eigenvalue weighted by atomic mass is 10.0. The number of urea groups is 1. The number of carboxylic acids is 1. The highest BCUT2D eigenvalue weighted by molar-refractivity contribution is 5.83. The van der Waals surface area contributed by atoms with E-state index in [9.17, 15) is 24.2 Å². The number of carboxylic acid groups (broad SMARTS) is 1. The quantitative estimate of drug-likeness (QED) is 0.648. The molecule has 0 radical (unpaired) electrons. The zero-order chi connectivity index (χ0) is 17.5. The zero-order valence-corrected chi connectivity index (χ0v) is 12.6. The fourth-order valence-electron chi connectivity index (χ4n) is 2.10. The number of carbonyl (C=O) groups is 2. The third-order valence-corrected chi connectivity index (χ3v) is 3.38. The standard InChI is InChI=1S/C17H17FN2O4/c18-13-8-6-11(7-9-13)10-19-17(24)20-14(16(22)23)15(21)12-4-2-1-3-5-12/h1-9,14-15,21H,10H2,(H,22,23)(H2,19,20,24). The maximum atomic E-state index is 12.8. The van der Waals surface area contributed by atoms with E-state index >= 15 is 0 Å². The molecule has 2 amide bonds. The van der Waals surface area contributed by atoms with Crippen LogP contribution in [0.25, 0.3) is 0 Å². The summed E-state index contributed by atoms with van der Waals surface area (Å²) in [4.78, 5) is 23.2. The molecule has 2 unspecified atom stereocenters. The lowest BCUT2D eigenvalue weighted by Gasteiger charge is -2.21. The van der Waals surface area contributed by atoms with Gasteiger partial charge in [-0.2, -0.15) is 0 Å². The molecule has 0 spiro atoms. The van der Waals surface area contributed by atoms with Crippen molar-refractivity contribution < 1.29 is 24.2 Å². The molecule has 2 aromatic rings. The Labute approximate surface area is 137 Å². The summed E-state index contributed by atoms with van der Waals surface area (Å²) < 4.78 is 12.8. The molecule has 0 fully saturated rings. The first kappa shape index (κ1) is 17.4. The molecule has 0 bridgehead atoms. The number of benzene rings is 2. The number of aliphatic hydroxyl groups is 1. The van der Waals surface area contributed by atoms with Gasteiger partial charge in [0.05, 0.1) is 0 Å². The second-order valence-electron chi connectivity index (χ2n) is 5.12. The van der Waals surface area contributed by atoms with Crippen molar-refractivity contribution in [3.05, 3.63) is 71.5 Å². The van der Waals surface area contributed by atoms with Crippen LogP contribution in [0.4, 0.5) is 9.18 Å². The Morgan fingerprint density at radius 3 is 2.25 bits per heavy atom. The molecule has 2 atom stereocenters. The lowest BCUT2D eigenvalue weighted by molar-refractivity contribution is -0.142. The predicted octanol–water partition coefficient (Wildman–Crippen LogP) is 1.81. The normalized spacial score (nSPS) is 12.9. The van der Waals surface area contributed by atoms with Gasteiger partial charge in [-0.3, -0.25) is 0 Å². The van der Waals surface area contributed by atoms with Gasteiger partial charge in [-0.1, -0.05) is 42.5 Å². The Morgan fingerprint density at radius 1 is 1.04 bits per heavy atom. The molecule has 126 valence electrons. The third-order valence-electron chi connectivity index (χ3n) is 3.38. The van der Waals surface area contributed by atoms with Crippen LogP contribution in [0.1, 0.15) is 17.2 Å². The molecular formula is C17H17FN2O4. The molecule has 2 rings (SSSR count). The molecule has 6 nitrogen and oxygen atoms in total. The summed E-state index contributed by atoms with van der Waals surface area (Å²) in [7, 11) is 0. The molecular weight excluding hydrogens is 315 g/mol. The van der Waals surface area contributed by atoms with Crippen LogP contribution < -0.4 is 10.6 Å². The highest BCUT2D eigenvalue weighted by atomic mass is 19.1. The number of halogens is 1. The first-order valence-corrected chi connectivity index (χ1v) is 7.22. The highest BCUT2D eigenvalue weighted by Gasteiger charge is 2.29. The summed E-state index contributed by atoms with van der Waals surface area (Å²) >= 11 is 0. The summed E-state index contributed by atoms with van der Waals surface area (Å²) in [5.74, 6) is -1.75. The number of hydrogen-bond acceptors (Lipinski definition) is 3. The van der Waals surface area contributed by atoms with E-state index in [0.717, 1.165) is 0 Å². The van der Waals surface area contributed by atoms with E-state index in [-0.39, 0.29) is 12.4 Å². The third kappa shape index (κ3) is 4.79. The number of aliphatic hydroxyl groups excluding tert-OH is 1. The van der Waals surface area contributed by atoms with Crippen LogP contribution in [0.3, 0.4) is 0 Å². The fraction of sp³-hybridized carbons (Fsp3) is 0.176. The van der Waals surface area contributed by atoms with Crippen molar-refractivity contribution in [2.75, 3.05) is 0 Å². The second kappa shape index (κ2) is 8.07. The van der Waals surface area contributed by atoms with Crippen LogP contribution in [0.5, 0.6) is 0 Å². The van der Waals surface area contributed by atoms with Gasteiger partial charge in [0.15, 0.2) is 6.04 Å². The number of aliphatic carboxylic acids is 1. The van der Waals surface area contributed by atoms with Gasteiger partial charge in [-0.25, -0.2) is 14.0 Å². The number of carbonyl (C=O) groups excluding carboxylic acids is 1. The minimum Gasteiger partial charge on any atom is -0.480 e. The van der Waals surface area contributed by atoms with E-state index < -0.39 is 24.1 Å². The van der Waals surface area contributed by atoms with Crippen LogP contribution in [0.2, 0.25) is 0 Å². The van der Waals surface area contributed by atoms with E-state index in [1.165, 1.54) is 24.3 Å². The number of hydrogen-bond donors (Lipinski definition) is 4. The van der Waals surface area contributed by atoms with Gasteiger partial charge < -0.3 is 20.8 Å². The van der Waals surface area contributed by atoms with Crippen molar-refractivity contribution in [3.63, 3.8) is 0 Å². The van der Waals surface area contributed by atoms with Gasteiger partial charge >= 0.3 is 12.0 Å². The Balaban J connectivity index is 1.96. The molecule has 0 aliphatic heterocycles. The van der Waals surface area contributed by atoms with E-state index in [1.807, 2.05) is 0 Å². The predicted molar refractivity (Wildman–Crippen MR) is 84.6 cm³/mol. The van der Waals surface area contributed by atoms with Gasteiger partial charge in [0.1, 0.15) is 11.9 Å². The molecule has 0 saturated carbocycles. The van der Waals surface area contributed by atoms with Gasteiger partial charge in [-0.05, 0) is 23.3 Å². The van der Waals surface area contributed by atoms with E-state index in [4.69, 9.17) is 0 Å². The smallest absolute Gasteiger partial charge is 0.329 e. The molecule has 4 N–H and O–H groups in total. The van der Waals surface area contributed by atoms with E-state index in [2.05, 4.69) is 10.6 Å². The molecule has 24 heavy (non-hydrogen) atoms. The number of nitrogens with one attached hydrogen (secondary N) is 2. The Morgan fingerprint density at radius 2 is 1.67 bits per heavy atom. The molecule has 0 heterocycles. The summed E-state index contributed by atoms with van der Waals surface area (Å²) in [6.45, 7) is 0.0971. The number of amides is 2. The minimum atomic E-state index is -1.50. The average molecular weight is 332 g/mol. The van der Waals surface area contributed by atoms with Crippen molar-refractivity contribution in [3.8, 4) is 0 Å². The molecule has 0 aliphatic rings. The summed E-state index contributed by atoms with van der Waals surface area (Å²) in [5, 5.41) is 24.1. The topological polar surface area (TPSA) is 98.7 Å². The van der Waals surface area contributed by atoms with Crippen LogP contribution >= 0.6 is 0 Å². The highest BCUT2D eigenvalue weighted by Crippen LogP contribution is 2.16. The fourth-order valence-corrected chi connectivity index (χ4v) is 2.10. The van der Waals surface area contributed by atoms with Gasteiger partial charge in [-0.15, -0.1) is 0 Å². The van der Waals surface area contributed by atoms with Crippen LogP contribution in [-0.4, -0.2) is 28.3 Å². The van der Waals surface area contributed by atoms with E-state index in [1.54, 1.807) is 30.3 Å². The first-order valence-electron chi connectivity index (χ1n) is 7.22. The minimum absolute atomic E-state index is 0.0971. The Hall–Kier alpha value is -2.93. The molecule has 7 heteroatoms. The van der Waals surface area contributed by atoms with Crippen molar-refractivity contribution in [1.82, 2.24) is 10.6 Å². The maximum absolute atomic E-state index is 12.8. The largest absolute Gasteiger partial charge is 0.480 e. The van der Waals surface area contributed by atoms with E-state index in [0.29, 0.717) is 11.1 Å². The van der Waals surface area contributed by atoms with Crippen molar-refractivity contribution in [2.45, 2.75) is 18.7 Å². The van der Waals surface area contributed by atoms with Crippen molar-refractivity contribution in [2.24, 2.45) is 0 Å². The molecule has 2 aromatic carbocycles. The lowest BCUT2D eigenvalue weighted by Crippen LogP contribution is -2.48. The molecule has 0 aliphatic carbocycles. The second-order valence-corrected chi connectivity index (χ2v) is 5.12. The monoisotopic (exact) mass is 332 g/mol. The Bertz CT molecular complexity index is 691. The van der Waals surface area contributed by atoms with Gasteiger partial charge in [0.2, 0.25) is 0 Å². The van der Waals surface area contributed by atoms with Crippen LogP contribution in [-0.2, 0) is 11.3 Å².